The second-order valence-electron chi connectivity index (χ2n) is 5.47. The molecule has 0 aromatic heterocycles. The minimum atomic E-state index is -0.0858. The van der Waals surface area contributed by atoms with Gasteiger partial charge in [-0.05, 0) is 29.8 Å². The number of hydrogen-bond acceptors (Lipinski definition) is 3. The van der Waals surface area contributed by atoms with E-state index in [-0.39, 0.29) is 6.17 Å². The summed E-state index contributed by atoms with van der Waals surface area (Å²) in [6.45, 7) is 0. The molecule has 3 aromatic carbocycles. The lowest BCUT2D eigenvalue weighted by Crippen LogP contribution is -2.24. The van der Waals surface area contributed by atoms with E-state index < -0.39 is 0 Å². The van der Waals surface area contributed by atoms with Crippen LogP contribution >= 0.6 is 0 Å². The molecule has 3 heteroatoms. The smallest absolute Gasteiger partial charge is 0.147 e. The first kappa shape index (κ1) is 13.6. The van der Waals surface area contributed by atoms with E-state index in [2.05, 4.69) is 34.9 Å². The Morgan fingerprint density at radius 3 is 2.17 bits per heavy atom. The van der Waals surface area contributed by atoms with Crippen molar-refractivity contribution in [2.75, 3.05) is 10.6 Å². The van der Waals surface area contributed by atoms with Crippen LogP contribution in [-0.2, 0) is 0 Å². The number of anilines is 2. The maximum Gasteiger partial charge on any atom is 0.147 e. The van der Waals surface area contributed by atoms with Gasteiger partial charge in [-0.25, -0.2) is 4.99 Å². The molecule has 1 aliphatic heterocycles. The Hall–Kier alpha value is -3.07. The van der Waals surface area contributed by atoms with Gasteiger partial charge in [-0.3, -0.25) is 0 Å². The average Bonchev–Trinajstić information content (AvgIpc) is 2.63. The van der Waals surface area contributed by atoms with Gasteiger partial charge in [-0.15, -0.1) is 0 Å². The Balaban J connectivity index is 1.74. The zero-order chi connectivity index (χ0) is 15.5. The van der Waals surface area contributed by atoms with Gasteiger partial charge in [-0.1, -0.05) is 60.7 Å². The summed E-state index contributed by atoms with van der Waals surface area (Å²) < 4.78 is 0. The Bertz CT molecular complexity index is 826. The van der Waals surface area contributed by atoms with Crippen LogP contribution in [0.25, 0.3) is 0 Å². The van der Waals surface area contributed by atoms with Crippen molar-refractivity contribution in [2.24, 2.45) is 4.99 Å². The molecule has 0 spiro atoms. The van der Waals surface area contributed by atoms with E-state index in [1.807, 2.05) is 60.7 Å². The van der Waals surface area contributed by atoms with E-state index in [1.54, 1.807) is 0 Å². The molecule has 1 heterocycles. The number of para-hydroxylation sites is 2. The average molecular weight is 299 g/mol. The van der Waals surface area contributed by atoms with Gasteiger partial charge in [0.25, 0.3) is 0 Å². The van der Waals surface area contributed by atoms with Crippen LogP contribution in [0.2, 0.25) is 0 Å². The summed E-state index contributed by atoms with van der Waals surface area (Å²) in [5.41, 5.74) is 4.36. The summed E-state index contributed by atoms with van der Waals surface area (Å²) >= 11 is 0. The van der Waals surface area contributed by atoms with E-state index in [9.17, 15) is 0 Å². The topological polar surface area (TPSA) is 36.4 Å². The van der Waals surface area contributed by atoms with Gasteiger partial charge >= 0.3 is 0 Å². The van der Waals surface area contributed by atoms with Crippen LogP contribution in [0.3, 0.4) is 0 Å². The van der Waals surface area contributed by atoms with Crippen LogP contribution in [0, 0.1) is 0 Å². The molecule has 2 N–H and O–H groups in total. The standard InChI is InChI=1S/C20H17N3/c1-3-9-15(10-4-1)19-22-18-14-8-7-13-17(18)20(23-19)21-16-11-5-2-6-12-16/h1-14,19,22H,(H,21,23). The Kier molecular flexibility index (Phi) is 3.53. The van der Waals surface area contributed by atoms with Gasteiger partial charge in [-0.2, -0.15) is 0 Å². The molecule has 0 fully saturated rings. The first-order valence-electron chi connectivity index (χ1n) is 7.71. The van der Waals surface area contributed by atoms with Crippen LogP contribution in [0.5, 0.6) is 0 Å². The Morgan fingerprint density at radius 2 is 1.39 bits per heavy atom. The predicted molar refractivity (Wildman–Crippen MR) is 95.8 cm³/mol. The highest BCUT2D eigenvalue weighted by Gasteiger charge is 2.21. The Morgan fingerprint density at radius 1 is 0.739 bits per heavy atom. The monoisotopic (exact) mass is 299 g/mol. The summed E-state index contributed by atoms with van der Waals surface area (Å²) in [7, 11) is 0. The van der Waals surface area contributed by atoms with E-state index >= 15 is 0 Å². The summed E-state index contributed by atoms with van der Waals surface area (Å²) in [4.78, 5) is 4.88. The number of benzene rings is 3. The first-order valence-corrected chi connectivity index (χ1v) is 7.71. The third-order valence-electron chi connectivity index (χ3n) is 3.88. The zero-order valence-corrected chi connectivity index (χ0v) is 12.6. The number of hydrogen-bond donors (Lipinski definition) is 2. The highest BCUT2D eigenvalue weighted by atomic mass is 15.2. The molecule has 23 heavy (non-hydrogen) atoms. The van der Waals surface area contributed by atoms with Gasteiger partial charge in [0.2, 0.25) is 0 Å². The second kappa shape index (κ2) is 5.97. The van der Waals surface area contributed by atoms with Crippen molar-refractivity contribution < 1.29 is 0 Å². The van der Waals surface area contributed by atoms with Crippen molar-refractivity contribution in [3.63, 3.8) is 0 Å². The fraction of sp³-hybridized carbons (Fsp3) is 0.0500. The molecule has 112 valence electrons. The summed E-state index contributed by atoms with van der Waals surface area (Å²) in [5, 5.41) is 6.95. The van der Waals surface area contributed by atoms with Gasteiger partial charge in [0.1, 0.15) is 12.0 Å². The summed E-state index contributed by atoms with van der Waals surface area (Å²) in [6.07, 6.45) is -0.0858. The maximum atomic E-state index is 4.88. The number of amidine groups is 1. The number of rotatable bonds is 2. The lowest BCUT2D eigenvalue weighted by Gasteiger charge is -2.26. The quantitative estimate of drug-likeness (QED) is 0.721. The van der Waals surface area contributed by atoms with Gasteiger partial charge in [0, 0.05) is 16.9 Å². The molecule has 1 aliphatic rings. The van der Waals surface area contributed by atoms with Crippen LogP contribution in [-0.4, -0.2) is 5.84 Å². The summed E-state index contributed by atoms with van der Waals surface area (Å²) in [6, 6.07) is 28.7. The van der Waals surface area contributed by atoms with Crippen LogP contribution in [0.15, 0.2) is 89.9 Å². The molecule has 3 aromatic rings. The molecule has 1 unspecified atom stereocenters. The minimum Gasteiger partial charge on any atom is -0.359 e. The van der Waals surface area contributed by atoms with Gasteiger partial charge in [0.05, 0.1) is 0 Å². The lowest BCUT2D eigenvalue weighted by molar-refractivity contribution is 0.827. The van der Waals surface area contributed by atoms with Crippen molar-refractivity contribution in [1.82, 2.24) is 0 Å². The molecular weight excluding hydrogens is 282 g/mol. The number of aliphatic imine (C=N–C) groups is 1. The minimum absolute atomic E-state index is 0.0858. The third-order valence-corrected chi connectivity index (χ3v) is 3.88. The highest BCUT2D eigenvalue weighted by molar-refractivity contribution is 6.12. The van der Waals surface area contributed by atoms with Crippen LogP contribution in [0.4, 0.5) is 11.4 Å². The molecule has 0 bridgehead atoms. The van der Waals surface area contributed by atoms with Gasteiger partial charge < -0.3 is 10.6 Å². The molecule has 1 atom stereocenters. The van der Waals surface area contributed by atoms with Crippen molar-refractivity contribution >= 4 is 17.2 Å². The summed E-state index contributed by atoms with van der Waals surface area (Å²) in [5.74, 6) is 0.888. The molecule has 4 rings (SSSR count). The van der Waals surface area contributed by atoms with Crippen LogP contribution < -0.4 is 10.6 Å². The number of nitrogens with zero attached hydrogens (tertiary/aromatic N) is 1. The van der Waals surface area contributed by atoms with Gasteiger partial charge in [0.15, 0.2) is 0 Å². The van der Waals surface area contributed by atoms with E-state index in [0.717, 1.165) is 28.3 Å². The second-order valence-corrected chi connectivity index (χ2v) is 5.47. The zero-order valence-electron chi connectivity index (χ0n) is 12.6. The highest BCUT2D eigenvalue weighted by Crippen LogP contribution is 2.30. The van der Waals surface area contributed by atoms with Crippen molar-refractivity contribution in [1.29, 1.82) is 0 Å². The van der Waals surface area contributed by atoms with Crippen molar-refractivity contribution in [2.45, 2.75) is 6.17 Å². The molecule has 0 saturated carbocycles. The van der Waals surface area contributed by atoms with Crippen molar-refractivity contribution in [3.05, 3.63) is 96.1 Å². The lowest BCUT2D eigenvalue weighted by atomic mass is 10.1. The molecule has 0 amide bonds. The largest absolute Gasteiger partial charge is 0.359 e. The fourth-order valence-corrected chi connectivity index (χ4v) is 2.74. The first-order chi connectivity index (χ1) is 11.4. The van der Waals surface area contributed by atoms with Crippen LogP contribution in [0.1, 0.15) is 17.3 Å². The fourth-order valence-electron chi connectivity index (χ4n) is 2.74. The van der Waals surface area contributed by atoms with E-state index in [4.69, 9.17) is 4.99 Å². The maximum absolute atomic E-state index is 4.88. The number of fused-ring (bicyclic) bond motifs is 1. The molecule has 3 nitrogen and oxygen atoms in total. The normalized spacial score (nSPS) is 16.0. The molecule has 0 saturated heterocycles. The van der Waals surface area contributed by atoms with E-state index in [0.29, 0.717) is 0 Å². The number of nitrogens with one attached hydrogen (secondary N) is 2. The van der Waals surface area contributed by atoms with E-state index in [1.165, 1.54) is 0 Å². The van der Waals surface area contributed by atoms with Crippen molar-refractivity contribution in [3.8, 4) is 0 Å². The predicted octanol–water partition coefficient (Wildman–Crippen LogP) is 4.67. The molecule has 0 aliphatic carbocycles. The Labute approximate surface area is 135 Å². The molecular formula is C20H17N3. The third kappa shape index (κ3) is 2.81. The SMILES string of the molecule is c1ccc(NC2=NC(c3ccccc3)Nc3ccccc32)cc1. The molecule has 0 radical (unpaired) electrons.